The Hall–Kier alpha value is -1.71. The summed E-state index contributed by atoms with van der Waals surface area (Å²) in [7, 11) is 0. The summed E-state index contributed by atoms with van der Waals surface area (Å²) in [6.45, 7) is 2.06. The fourth-order valence-electron chi connectivity index (χ4n) is 1.76. The molecule has 0 aliphatic rings. The predicted molar refractivity (Wildman–Crippen MR) is 84.8 cm³/mol. The average molecular weight is 309 g/mol. The Balaban J connectivity index is 1.96. The minimum absolute atomic E-state index is 0.0946. The van der Waals surface area contributed by atoms with Crippen LogP contribution in [0.4, 0.5) is 11.4 Å². The van der Waals surface area contributed by atoms with Crippen LogP contribution in [0.15, 0.2) is 42.5 Å². The maximum Gasteiger partial charge on any atom is 0.243 e. The van der Waals surface area contributed by atoms with Gasteiger partial charge in [-0.3, -0.25) is 4.79 Å². The van der Waals surface area contributed by atoms with Gasteiger partial charge in [-0.2, -0.15) is 0 Å². The summed E-state index contributed by atoms with van der Waals surface area (Å²) >= 11 is 12.0. The van der Waals surface area contributed by atoms with Gasteiger partial charge in [-0.05, 0) is 36.8 Å². The van der Waals surface area contributed by atoms with Gasteiger partial charge < -0.3 is 10.6 Å². The molecule has 0 bridgehead atoms. The summed E-state index contributed by atoms with van der Waals surface area (Å²) in [5.41, 5.74) is 2.42. The fourth-order valence-corrected chi connectivity index (χ4v) is 2.29. The number of hydrogen-bond donors (Lipinski definition) is 2. The van der Waals surface area contributed by atoms with Gasteiger partial charge in [-0.25, -0.2) is 0 Å². The van der Waals surface area contributed by atoms with Crippen molar-refractivity contribution < 1.29 is 4.79 Å². The van der Waals surface area contributed by atoms with Crippen molar-refractivity contribution >= 4 is 40.5 Å². The van der Waals surface area contributed by atoms with Crippen molar-refractivity contribution in [2.24, 2.45) is 0 Å². The van der Waals surface area contributed by atoms with Crippen LogP contribution in [0.5, 0.6) is 0 Å². The van der Waals surface area contributed by atoms with E-state index >= 15 is 0 Å². The molecular formula is C15H14Cl2N2O. The topological polar surface area (TPSA) is 41.1 Å². The van der Waals surface area contributed by atoms with Crippen LogP contribution >= 0.6 is 23.2 Å². The molecule has 2 N–H and O–H groups in total. The lowest BCUT2D eigenvalue weighted by atomic mass is 10.2. The number of para-hydroxylation sites is 1. The number of aryl methyl sites for hydroxylation is 1. The van der Waals surface area contributed by atoms with Crippen LogP contribution in [0.25, 0.3) is 0 Å². The largest absolute Gasteiger partial charge is 0.374 e. The highest BCUT2D eigenvalue weighted by Crippen LogP contribution is 2.29. The number of halogens is 2. The van der Waals surface area contributed by atoms with Gasteiger partial charge in [0, 0.05) is 5.69 Å². The Morgan fingerprint density at radius 1 is 1.10 bits per heavy atom. The van der Waals surface area contributed by atoms with Crippen LogP contribution in [0.2, 0.25) is 10.0 Å². The summed E-state index contributed by atoms with van der Waals surface area (Å²) < 4.78 is 0. The van der Waals surface area contributed by atoms with E-state index in [1.165, 1.54) is 0 Å². The zero-order valence-corrected chi connectivity index (χ0v) is 12.4. The molecule has 0 radical (unpaired) electrons. The van der Waals surface area contributed by atoms with Crippen LogP contribution in [-0.4, -0.2) is 12.5 Å². The summed E-state index contributed by atoms with van der Waals surface area (Å²) in [5, 5.41) is 6.72. The normalized spacial score (nSPS) is 10.2. The van der Waals surface area contributed by atoms with Crippen molar-refractivity contribution in [2.45, 2.75) is 6.92 Å². The summed E-state index contributed by atoms with van der Waals surface area (Å²) in [4.78, 5) is 11.9. The first kappa shape index (κ1) is 14.7. The van der Waals surface area contributed by atoms with E-state index < -0.39 is 0 Å². The van der Waals surface area contributed by atoms with Crippen LogP contribution < -0.4 is 10.6 Å². The summed E-state index contributed by atoms with van der Waals surface area (Å²) in [5.74, 6) is -0.161. The molecule has 5 heteroatoms. The van der Waals surface area contributed by atoms with E-state index in [1.807, 2.05) is 31.2 Å². The second kappa shape index (κ2) is 6.64. The van der Waals surface area contributed by atoms with Crippen LogP contribution in [0, 0.1) is 6.92 Å². The minimum atomic E-state index is -0.161. The van der Waals surface area contributed by atoms with Gasteiger partial charge in [-0.15, -0.1) is 0 Å². The van der Waals surface area contributed by atoms with E-state index in [0.717, 1.165) is 11.3 Å². The van der Waals surface area contributed by atoms with Crippen molar-refractivity contribution in [2.75, 3.05) is 17.2 Å². The smallest absolute Gasteiger partial charge is 0.243 e. The Kier molecular flexibility index (Phi) is 4.88. The molecule has 0 saturated heterocycles. The molecule has 20 heavy (non-hydrogen) atoms. The average Bonchev–Trinajstić information content (AvgIpc) is 2.38. The predicted octanol–water partition coefficient (Wildman–Crippen LogP) is 4.35. The van der Waals surface area contributed by atoms with E-state index in [-0.39, 0.29) is 12.5 Å². The van der Waals surface area contributed by atoms with Gasteiger partial charge in [0.05, 0.1) is 22.3 Å². The lowest BCUT2D eigenvalue weighted by Gasteiger charge is -2.10. The van der Waals surface area contributed by atoms with Crippen molar-refractivity contribution in [3.8, 4) is 0 Å². The third kappa shape index (κ3) is 3.89. The summed E-state index contributed by atoms with van der Waals surface area (Å²) in [6, 6.07) is 12.8. The quantitative estimate of drug-likeness (QED) is 0.881. The molecule has 104 valence electrons. The van der Waals surface area contributed by atoms with E-state index in [4.69, 9.17) is 23.2 Å². The second-order valence-electron chi connectivity index (χ2n) is 4.37. The third-order valence-corrected chi connectivity index (χ3v) is 3.32. The van der Waals surface area contributed by atoms with Gasteiger partial charge in [0.2, 0.25) is 5.91 Å². The Labute approximate surface area is 127 Å². The molecule has 0 aliphatic carbocycles. The molecule has 3 nitrogen and oxygen atoms in total. The first-order valence-electron chi connectivity index (χ1n) is 6.10. The number of rotatable bonds is 4. The first-order valence-corrected chi connectivity index (χ1v) is 6.86. The van der Waals surface area contributed by atoms with Gasteiger partial charge in [0.25, 0.3) is 0 Å². The molecular weight excluding hydrogens is 295 g/mol. The highest BCUT2D eigenvalue weighted by atomic mass is 35.5. The molecule has 0 fully saturated rings. The molecule has 0 heterocycles. The van der Waals surface area contributed by atoms with Gasteiger partial charge >= 0.3 is 0 Å². The van der Waals surface area contributed by atoms with E-state index in [2.05, 4.69) is 10.6 Å². The highest BCUT2D eigenvalue weighted by molar-refractivity contribution is 6.39. The van der Waals surface area contributed by atoms with Crippen LogP contribution in [-0.2, 0) is 4.79 Å². The number of amides is 1. The SMILES string of the molecule is Cc1cccc(NC(=O)CNc2c(Cl)cccc2Cl)c1. The molecule has 0 spiro atoms. The Morgan fingerprint density at radius 3 is 2.40 bits per heavy atom. The van der Waals surface area contributed by atoms with Crippen LogP contribution in [0.3, 0.4) is 0 Å². The molecule has 0 unspecified atom stereocenters. The molecule has 2 rings (SSSR count). The van der Waals surface area contributed by atoms with Crippen molar-refractivity contribution in [1.29, 1.82) is 0 Å². The van der Waals surface area contributed by atoms with Crippen molar-refractivity contribution in [1.82, 2.24) is 0 Å². The fraction of sp³-hybridized carbons (Fsp3) is 0.133. The summed E-state index contributed by atoms with van der Waals surface area (Å²) in [6.07, 6.45) is 0. The highest BCUT2D eigenvalue weighted by Gasteiger charge is 2.07. The van der Waals surface area contributed by atoms with Gasteiger partial charge in [-0.1, -0.05) is 41.4 Å². The zero-order valence-electron chi connectivity index (χ0n) is 10.9. The maximum atomic E-state index is 11.9. The van der Waals surface area contributed by atoms with E-state index in [9.17, 15) is 4.79 Å². The lowest BCUT2D eigenvalue weighted by Crippen LogP contribution is -2.22. The zero-order chi connectivity index (χ0) is 14.5. The molecule has 2 aromatic carbocycles. The molecule has 0 aliphatic heterocycles. The second-order valence-corrected chi connectivity index (χ2v) is 5.18. The standard InChI is InChI=1S/C15H14Cl2N2O/c1-10-4-2-5-11(8-10)19-14(20)9-18-15-12(16)6-3-7-13(15)17/h2-8,18H,9H2,1H3,(H,19,20). The Bertz CT molecular complexity index is 609. The van der Waals surface area contributed by atoms with E-state index in [0.29, 0.717) is 15.7 Å². The van der Waals surface area contributed by atoms with Gasteiger partial charge in [0.15, 0.2) is 0 Å². The number of carbonyl (C=O) groups is 1. The number of hydrogen-bond acceptors (Lipinski definition) is 2. The van der Waals surface area contributed by atoms with Crippen molar-refractivity contribution in [3.05, 3.63) is 58.1 Å². The first-order chi connectivity index (χ1) is 9.56. The van der Waals surface area contributed by atoms with E-state index in [1.54, 1.807) is 18.2 Å². The lowest BCUT2D eigenvalue weighted by molar-refractivity contribution is -0.114. The van der Waals surface area contributed by atoms with Gasteiger partial charge in [0.1, 0.15) is 0 Å². The number of carbonyl (C=O) groups excluding carboxylic acids is 1. The molecule has 0 saturated carbocycles. The molecule has 0 atom stereocenters. The number of anilines is 2. The third-order valence-electron chi connectivity index (χ3n) is 2.69. The minimum Gasteiger partial charge on any atom is -0.374 e. The van der Waals surface area contributed by atoms with Crippen LogP contribution in [0.1, 0.15) is 5.56 Å². The Morgan fingerprint density at radius 2 is 1.75 bits per heavy atom. The maximum absolute atomic E-state index is 11.9. The monoisotopic (exact) mass is 308 g/mol. The molecule has 2 aromatic rings. The van der Waals surface area contributed by atoms with Crippen molar-refractivity contribution in [3.63, 3.8) is 0 Å². The molecule has 1 amide bonds. The number of benzene rings is 2. The number of nitrogens with one attached hydrogen (secondary N) is 2. The molecule has 0 aromatic heterocycles.